The van der Waals surface area contributed by atoms with Crippen molar-refractivity contribution in [3.05, 3.63) is 12.2 Å². The second-order valence-electron chi connectivity index (χ2n) is 2.14. The summed E-state index contributed by atoms with van der Waals surface area (Å²) in [7, 11) is 0. The van der Waals surface area contributed by atoms with E-state index in [4.69, 9.17) is 5.11 Å². The lowest BCUT2D eigenvalue weighted by molar-refractivity contribution is 0.201. The van der Waals surface area contributed by atoms with Gasteiger partial charge in [0.2, 0.25) is 0 Å². The first-order valence-electron chi connectivity index (χ1n) is 2.95. The minimum Gasteiger partial charge on any atom is -0.392 e. The van der Waals surface area contributed by atoms with Gasteiger partial charge in [0, 0.05) is 6.42 Å². The van der Waals surface area contributed by atoms with Crippen molar-refractivity contribution in [3.63, 3.8) is 0 Å². The molecule has 9 heavy (non-hydrogen) atoms. The fourth-order valence-electron chi connectivity index (χ4n) is 0.350. The zero-order valence-corrected chi connectivity index (χ0v) is 5.94. The summed E-state index contributed by atoms with van der Waals surface area (Å²) in [6.45, 7) is 7.15. The van der Waals surface area contributed by atoms with Crippen molar-refractivity contribution in [1.29, 1.82) is 0 Å². The first-order valence-corrected chi connectivity index (χ1v) is 2.95. The Morgan fingerprint density at radius 2 is 2.33 bits per heavy atom. The maximum absolute atomic E-state index is 8.73. The van der Waals surface area contributed by atoms with Crippen LogP contribution in [0.3, 0.4) is 0 Å². The molecule has 0 aliphatic carbocycles. The number of allylic oxidation sites excluding steroid dienone is 1. The standard InChI is InChI=1S/C8H12O/c1-7(2)5-4-6-8(3)9/h8-9H,1,6H2,2-3H3. The number of hydrogen-bond acceptors (Lipinski definition) is 1. The first-order chi connectivity index (χ1) is 4.13. The molecule has 0 amide bonds. The Morgan fingerprint density at radius 3 is 2.67 bits per heavy atom. The number of hydrogen-bond donors (Lipinski definition) is 1. The fraction of sp³-hybridized carbons (Fsp3) is 0.500. The highest BCUT2D eigenvalue weighted by atomic mass is 16.3. The molecule has 0 aromatic rings. The molecule has 0 aliphatic rings. The summed E-state index contributed by atoms with van der Waals surface area (Å²) < 4.78 is 0. The van der Waals surface area contributed by atoms with E-state index in [0.29, 0.717) is 6.42 Å². The molecule has 0 aromatic heterocycles. The van der Waals surface area contributed by atoms with E-state index in [-0.39, 0.29) is 6.10 Å². The van der Waals surface area contributed by atoms with Gasteiger partial charge in [-0.05, 0) is 19.4 Å². The molecule has 1 N–H and O–H groups in total. The third-order valence-corrected chi connectivity index (χ3v) is 0.699. The molecule has 1 unspecified atom stereocenters. The maximum atomic E-state index is 8.73. The molecule has 0 aromatic carbocycles. The Morgan fingerprint density at radius 1 is 1.78 bits per heavy atom. The van der Waals surface area contributed by atoms with E-state index >= 15 is 0 Å². The molecule has 0 heterocycles. The molecular formula is C8H12O. The molecule has 0 rings (SSSR count). The van der Waals surface area contributed by atoms with E-state index in [1.165, 1.54) is 0 Å². The highest BCUT2D eigenvalue weighted by Gasteiger charge is 1.86. The zero-order valence-electron chi connectivity index (χ0n) is 5.94. The summed E-state index contributed by atoms with van der Waals surface area (Å²) in [6.07, 6.45) is 0.212. The van der Waals surface area contributed by atoms with Crippen LogP contribution in [-0.2, 0) is 0 Å². The molecule has 0 saturated heterocycles. The zero-order chi connectivity index (χ0) is 7.28. The summed E-state index contributed by atoms with van der Waals surface area (Å²) in [5.74, 6) is 5.56. The summed E-state index contributed by atoms with van der Waals surface area (Å²) in [6, 6.07) is 0. The Balaban J connectivity index is 3.50. The van der Waals surface area contributed by atoms with Crippen LogP contribution in [0.1, 0.15) is 20.3 Å². The van der Waals surface area contributed by atoms with E-state index in [2.05, 4.69) is 18.4 Å². The molecule has 0 saturated carbocycles. The summed E-state index contributed by atoms with van der Waals surface area (Å²) in [5, 5.41) is 8.73. The van der Waals surface area contributed by atoms with Crippen molar-refractivity contribution >= 4 is 0 Å². The molecule has 0 bridgehead atoms. The molecule has 0 spiro atoms. The van der Waals surface area contributed by atoms with Gasteiger partial charge in [-0.25, -0.2) is 0 Å². The quantitative estimate of drug-likeness (QED) is 0.523. The van der Waals surface area contributed by atoms with E-state index < -0.39 is 0 Å². The molecule has 0 fully saturated rings. The predicted octanol–water partition coefficient (Wildman–Crippen LogP) is 1.34. The monoisotopic (exact) mass is 124 g/mol. The second-order valence-corrected chi connectivity index (χ2v) is 2.14. The summed E-state index contributed by atoms with van der Waals surface area (Å²) in [4.78, 5) is 0. The van der Waals surface area contributed by atoms with Gasteiger partial charge < -0.3 is 5.11 Å². The first kappa shape index (κ1) is 8.26. The average molecular weight is 124 g/mol. The van der Waals surface area contributed by atoms with Crippen molar-refractivity contribution < 1.29 is 5.11 Å². The summed E-state index contributed by atoms with van der Waals surface area (Å²) >= 11 is 0. The Bertz CT molecular complexity index is 146. The van der Waals surface area contributed by atoms with Gasteiger partial charge >= 0.3 is 0 Å². The van der Waals surface area contributed by atoms with Crippen LogP contribution in [0.15, 0.2) is 12.2 Å². The van der Waals surface area contributed by atoms with Crippen LogP contribution in [0.4, 0.5) is 0 Å². The molecule has 0 aliphatic heterocycles. The van der Waals surface area contributed by atoms with Gasteiger partial charge in [0.25, 0.3) is 0 Å². The van der Waals surface area contributed by atoms with Gasteiger partial charge in [-0.3, -0.25) is 0 Å². The van der Waals surface area contributed by atoms with Crippen molar-refractivity contribution in [2.24, 2.45) is 0 Å². The van der Waals surface area contributed by atoms with Crippen LogP contribution in [0.25, 0.3) is 0 Å². The van der Waals surface area contributed by atoms with Gasteiger partial charge in [-0.1, -0.05) is 18.4 Å². The third kappa shape index (κ3) is 7.26. The fourth-order valence-corrected chi connectivity index (χ4v) is 0.350. The predicted molar refractivity (Wildman–Crippen MR) is 38.9 cm³/mol. The van der Waals surface area contributed by atoms with Crippen molar-refractivity contribution in [3.8, 4) is 11.8 Å². The number of aliphatic hydroxyl groups is 1. The van der Waals surface area contributed by atoms with Gasteiger partial charge in [0.1, 0.15) is 0 Å². The molecule has 1 atom stereocenters. The van der Waals surface area contributed by atoms with Gasteiger partial charge in [-0.15, -0.1) is 0 Å². The molecular weight excluding hydrogens is 112 g/mol. The van der Waals surface area contributed by atoms with Gasteiger partial charge in [-0.2, -0.15) is 0 Å². The summed E-state index contributed by atoms with van der Waals surface area (Å²) in [5.41, 5.74) is 0.843. The second kappa shape index (κ2) is 4.17. The highest BCUT2D eigenvalue weighted by molar-refractivity contribution is 5.22. The minimum absolute atomic E-state index is 0.322. The van der Waals surface area contributed by atoms with Crippen LogP contribution >= 0.6 is 0 Å². The Labute approximate surface area is 56.4 Å². The smallest absolute Gasteiger partial charge is 0.0621 e. The van der Waals surface area contributed by atoms with Crippen molar-refractivity contribution in [2.75, 3.05) is 0 Å². The van der Waals surface area contributed by atoms with Gasteiger partial charge in [0.15, 0.2) is 0 Å². The van der Waals surface area contributed by atoms with Crippen LogP contribution in [0, 0.1) is 11.8 Å². The minimum atomic E-state index is -0.322. The van der Waals surface area contributed by atoms with E-state index in [1.807, 2.05) is 6.92 Å². The Hall–Kier alpha value is -0.740. The van der Waals surface area contributed by atoms with Gasteiger partial charge in [0.05, 0.1) is 6.10 Å². The maximum Gasteiger partial charge on any atom is 0.0621 e. The number of rotatable bonds is 1. The molecule has 0 radical (unpaired) electrons. The van der Waals surface area contributed by atoms with E-state index in [9.17, 15) is 0 Å². The van der Waals surface area contributed by atoms with Crippen molar-refractivity contribution in [1.82, 2.24) is 0 Å². The highest BCUT2D eigenvalue weighted by Crippen LogP contribution is 1.87. The SMILES string of the molecule is C=C(C)C#CCC(C)O. The topological polar surface area (TPSA) is 20.2 Å². The third-order valence-electron chi connectivity index (χ3n) is 0.699. The van der Waals surface area contributed by atoms with Crippen LogP contribution in [0.5, 0.6) is 0 Å². The lowest BCUT2D eigenvalue weighted by atomic mass is 10.2. The molecule has 1 heteroatoms. The lowest BCUT2D eigenvalue weighted by Gasteiger charge is -1.91. The van der Waals surface area contributed by atoms with Crippen molar-refractivity contribution in [2.45, 2.75) is 26.4 Å². The number of aliphatic hydroxyl groups excluding tert-OH is 1. The molecule has 1 nitrogen and oxygen atoms in total. The average Bonchev–Trinajstić information content (AvgIpc) is 1.63. The Kier molecular flexibility index (Phi) is 3.83. The lowest BCUT2D eigenvalue weighted by Crippen LogP contribution is -1.95. The van der Waals surface area contributed by atoms with Crippen LogP contribution in [0.2, 0.25) is 0 Å². The van der Waals surface area contributed by atoms with E-state index in [1.54, 1.807) is 6.92 Å². The normalized spacial score (nSPS) is 11.4. The van der Waals surface area contributed by atoms with E-state index in [0.717, 1.165) is 5.57 Å². The van der Waals surface area contributed by atoms with Crippen LogP contribution in [-0.4, -0.2) is 11.2 Å². The van der Waals surface area contributed by atoms with Crippen LogP contribution < -0.4 is 0 Å². The largest absolute Gasteiger partial charge is 0.392 e. The molecule has 50 valence electrons.